The minimum atomic E-state index is -0.932. The minimum Gasteiger partial charge on any atom is -0.505 e. The minimum absolute atomic E-state index is 0.0331. The molecule has 0 fully saturated rings. The smallest absolute Gasteiger partial charge is 0.412 e. The van der Waals surface area contributed by atoms with Gasteiger partial charge >= 0.3 is 6.09 Å². The molecule has 2 aromatic rings. The molecule has 2 aromatic carbocycles. The summed E-state index contributed by atoms with van der Waals surface area (Å²) in [5.41, 5.74) is 2.21. The number of hydroxylamine groups is 1. The fourth-order valence-electron chi connectivity index (χ4n) is 2.12. The molecule has 27 heavy (non-hydrogen) atoms. The van der Waals surface area contributed by atoms with Gasteiger partial charge in [0.1, 0.15) is 6.10 Å². The molecule has 0 aliphatic heterocycles. The molecule has 142 valence electrons. The van der Waals surface area contributed by atoms with E-state index >= 15 is 0 Å². The SMILES string of the molecule is O=C(/C=C/C[C@H](OC(=O)Nc1ccc(Br)cc1)c1ccc(O)c(F)c1)NO. The number of nitrogens with one attached hydrogen (secondary N) is 2. The van der Waals surface area contributed by atoms with E-state index in [2.05, 4.69) is 21.2 Å². The van der Waals surface area contributed by atoms with Gasteiger partial charge in [0, 0.05) is 22.7 Å². The van der Waals surface area contributed by atoms with Crippen LogP contribution in [0.25, 0.3) is 0 Å². The third-order valence-electron chi connectivity index (χ3n) is 3.41. The Bertz CT molecular complexity index is 842. The number of aromatic hydroxyl groups is 1. The maximum atomic E-state index is 13.6. The maximum absolute atomic E-state index is 13.6. The zero-order valence-corrected chi connectivity index (χ0v) is 15.4. The molecule has 2 amide bonds. The van der Waals surface area contributed by atoms with Crippen molar-refractivity contribution in [3.63, 3.8) is 0 Å². The number of phenols is 1. The van der Waals surface area contributed by atoms with Crippen LogP contribution < -0.4 is 10.8 Å². The lowest BCUT2D eigenvalue weighted by molar-refractivity contribution is -0.124. The number of hydrogen-bond acceptors (Lipinski definition) is 5. The maximum Gasteiger partial charge on any atom is 0.412 e. The van der Waals surface area contributed by atoms with Crippen LogP contribution in [-0.2, 0) is 9.53 Å². The van der Waals surface area contributed by atoms with E-state index in [-0.39, 0.29) is 12.0 Å². The van der Waals surface area contributed by atoms with Crippen LogP contribution in [0.4, 0.5) is 14.9 Å². The molecule has 0 bridgehead atoms. The molecule has 1 atom stereocenters. The zero-order valence-electron chi connectivity index (χ0n) is 13.9. The van der Waals surface area contributed by atoms with E-state index in [9.17, 15) is 19.1 Å². The predicted molar refractivity (Wildman–Crippen MR) is 98.7 cm³/mol. The van der Waals surface area contributed by atoms with Gasteiger partial charge in [0.15, 0.2) is 11.6 Å². The molecule has 9 heteroatoms. The van der Waals surface area contributed by atoms with E-state index in [1.54, 1.807) is 24.3 Å². The second-order valence-corrected chi connectivity index (χ2v) is 6.27. The second kappa shape index (κ2) is 9.70. The van der Waals surface area contributed by atoms with Gasteiger partial charge in [-0.2, -0.15) is 0 Å². The molecule has 0 radical (unpaired) electrons. The summed E-state index contributed by atoms with van der Waals surface area (Å²) in [6.45, 7) is 0. The number of halogens is 2. The van der Waals surface area contributed by atoms with E-state index in [1.165, 1.54) is 17.6 Å². The van der Waals surface area contributed by atoms with Gasteiger partial charge in [-0.15, -0.1) is 0 Å². The van der Waals surface area contributed by atoms with Crippen molar-refractivity contribution in [2.24, 2.45) is 0 Å². The van der Waals surface area contributed by atoms with Crippen molar-refractivity contribution in [1.82, 2.24) is 5.48 Å². The lowest BCUT2D eigenvalue weighted by Crippen LogP contribution is -2.18. The number of hydrogen-bond donors (Lipinski definition) is 4. The van der Waals surface area contributed by atoms with E-state index in [1.807, 2.05) is 0 Å². The molecule has 0 spiro atoms. The highest BCUT2D eigenvalue weighted by Crippen LogP contribution is 2.27. The largest absolute Gasteiger partial charge is 0.505 e. The van der Waals surface area contributed by atoms with Crippen molar-refractivity contribution in [1.29, 1.82) is 0 Å². The first-order chi connectivity index (χ1) is 12.9. The predicted octanol–water partition coefficient (Wildman–Crippen LogP) is 4.04. The first-order valence-electron chi connectivity index (χ1n) is 7.71. The molecular weight excluding hydrogens is 423 g/mol. The highest BCUT2D eigenvalue weighted by atomic mass is 79.9. The first kappa shape index (κ1) is 20.4. The molecule has 2 rings (SSSR count). The van der Waals surface area contributed by atoms with Gasteiger partial charge in [0.25, 0.3) is 5.91 Å². The summed E-state index contributed by atoms with van der Waals surface area (Å²) in [4.78, 5) is 23.2. The standard InChI is InChI=1S/C18H16BrFN2O5/c19-12-5-7-13(8-6-12)21-18(25)27-16(2-1-3-17(24)22-26)11-4-9-15(23)14(20)10-11/h1,3-10,16,23,26H,2H2,(H,21,25)(H,22,24)/b3-1+/t16-/m0/s1. The fraction of sp³-hybridized carbons (Fsp3) is 0.111. The van der Waals surface area contributed by atoms with Gasteiger partial charge in [-0.05, 0) is 42.0 Å². The lowest BCUT2D eigenvalue weighted by atomic mass is 10.1. The molecule has 0 aliphatic rings. The quantitative estimate of drug-likeness (QED) is 0.309. The Morgan fingerprint density at radius 1 is 1.22 bits per heavy atom. The van der Waals surface area contributed by atoms with E-state index in [4.69, 9.17) is 9.94 Å². The molecule has 7 nitrogen and oxygen atoms in total. The van der Waals surface area contributed by atoms with Crippen LogP contribution in [0.3, 0.4) is 0 Å². The topological polar surface area (TPSA) is 108 Å². The Kier molecular flexibility index (Phi) is 7.33. The molecule has 0 saturated carbocycles. The molecular formula is C18H16BrFN2O5. The van der Waals surface area contributed by atoms with Gasteiger partial charge in [0.2, 0.25) is 0 Å². The van der Waals surface area contributed by atoms with E-state index < -0.39 is 29.7 Å². The molecule has 0 heterocycles. The summed E-state index contributed by atoms with van der Waals surface area (Å²) < 4.78 is 19.8. The van der Waals surface area contributed by atoms with Crippen LogP contribution in [0.2, 0.25) is 0 Å². The molecule has 0 unspecified atom stereocenters. The van der Waals surface area contributed by atoms with Crippen molar-refractivity contribution < 1.29 is 29.0 Å². The summed E-state index contributed by atoms with van der Waals surface area (Å²) in [6, 6.07) is 10.4. The normalized spacial score (nSPS) is 11.8. The molecule has 0 aromatic heterocycles. The molecule has 0 aliphatic carbocycles. The Labute approximate surface area is 162 Å². The zero-order chi connectivity index (χ0) is 19.8. The van der Waals surface area contributed by atoms with Gasteiger partial charge in [-0.3, -0.25) is 15.3 Å². The van der Waals surface area contributed by atoms with Gasteiger partial charge in [-0.25, -0.2) is 14.7 Å². The Balaban J connectivity index is 2.13. The number of carbonyl (C=O) groups excluding carboxylic acids is 2. The Morgan fingerprint density at radius 2 is 1.93 bits per heavy atom. The van der Waals surface area contributed by atoms with Crippen molar-refractivity contribution >= 4 is 33.6 Å². The number of carbonyl (C=O) groups is 2. The summed E-state index contributed by atoms with van der Waals surface area (Å²) >= 11 is 3.28. The summed E-state index contributed by atoms with van der Waals surface area (Å²) in [7, 11) is 0. The lowest BCUT2D eigenvalue weighted by Gasteiger charge is -2.18. The van der Waals surface area contributed by atoms with Crippen LogP contribution in [0, 0.1) is 5.82 Å². The average Bonchev–Trinajstić information content (AvgIpc) is 2.65. The van der Waals surface area contributed by atoms with Gasteiger partial charge in [-0.1, -0.05) is 28.1 Å². The van der Waals surface area contributed by atoms with Crippen molar-refractivity contribution in [3.8, 4) is 5.75 Å². The first-order valence-corrected chi connectivity index (χ1v) is 8.50. The van der Waals surface area contributed by atoms with E-state index in [0.717, 1.165) is 22.7 Å². The van der Waals surface area contributed by atoms with Crippen LogP contribution in [0.5, 0.6) is 5.75 Å². The van der Waals surface area contributed by atoms with Crippen molar-refractivity contribution in [3.05, 3.63) is 70.5 Å². The third-order valence-corrected chi connectivity index (χ3v) is 3.94. The molecule has 4 N–H and O–H groups in total. The summed E-state index contributed by atoms with van der Waals surface area (Å²) in [5.74, 6) is -2.16. The summed E-state index contributed by atoms with van der Waals surface area (Å²) in [6.07, 6.45) is 0.716. The highest BCUT2D eigenvalue weighted by Gasteiger charge is 2.18. The van der Waals surface area contributed by atoms with Gasteiger partial charge in [0.05, 0.1) is 0 Å². The fourth-order valence-corrected chi connectivity index (χ4v) is 2.39. The number of benzene rings is 2. The van der Waals surface area contributed by atoms with Crippen LogP contribution in [0.1, 0.15) is 18.1 Å². The van der Waals surface area contributed by atoms with Crippen LogP contribution >= 0.6 is 15.9 Å². The van der Waals surface area contributed by atoms with Crippen LogP contribution in [-0.4, -0.2) is 22.3 Å². The number of rotatable bonds is 6. The number of phenolic OH excluding ortho intramolecular Hbond substituents is 1. The van der Waals surface area contributed by atoms with Crippen molar-refractivity contribution in [2.45, 2.75) is 12.5 Å². The number of anilines is 1. The van der Waals surface area contributed by atoms with Crippen LogP contribution in [0.15, 0.2) is 59.1 Å². The Hall–Kier alpha value is -2.91. The van der Waals surface area contributed by atoms with Gasteiger partial charge < -0.3 is 9.84 Å². The average molecular weight is 439 g/mol. The third kappa shape index (κ3) is 6.39. The number of amides is 2. The summed E-state index contributed by atoms with van der Waals surface area (Å²) in [5, 5.41) is 20.3. The Morgan fingerprint density at radius 3 is 2.56 bits per heavy atom. The monoisotopic (exact) mass is 438 g/mol. The highest BCUT2D eigenvalue weighted by molar-refractivity contribution is 9.10. The number of ether oxygens (including phenoxy) is 1. The molecule has 0 saturated heterocycles. The second-order valence-electron chi connectivity index (χ2n) is 5.35. The van der Waals surface area contributed by atoms with E-state index in [0.29, 0.717) is 5.69 Å². The van der Waals surface area contributed by atoms with Crippen molar-refractivity contribution in [2.75, 3.05) is 5.32 Å².